The first-order valence-electron chi connectivity index (χ1n) is 19.0. The second kappa shape index (κ2) is 18.3. The highest BCUT2D eigenvalue weighted by atomic mass is 16.7. The Hall–Kier alpha value is -4.12. The molecule has 3 aliphatic rings. The van der Waals surface area contributed by atoms with Gasteiger partial charge in [0.2, 0.25) is 5.79 Å². The van der Waals surface area contributed by atoms with Crippen molar-refractivity contribution >= 4 is 11.8 Å². The highest BCUT2D eigenvalue weighted by Gasteiger charge is 2.65. The molecule has 0 spiro atoms. The van der Waals surface area contributed by atoms with Gasteiger partial charge in [-0.1, -0.05) is 73.1 Å². The molecule has 1 heterocycles. The summed E-state index contributed by atoms with van der Waals surface area (Å²) in [6.45, 7) is 14.6. The number of amides is 1. The third-order valence-corrected chi connectivity index (χ3v) is 10.4. The van der Waals surface area contributed by atoms with Gasteiger partial charge in [0.25, 0.3) is 0 Å². The van der Waals surface area contributed by atoms with Gasteiger partial charge in [-0.15, -0.1) is 6.58 Å². The average molecular weight is 731 g/mol. The van der Waals surface area contributed by atoms with E-state index in [2.05, 4.69) is 25.3 Å². The third-order valence-electron chi connectivity index (χ3n) is 10.4. The molecule has 2 N–H and O–H groups in total. The van der Waals surface area contributed by atoms with Crippen LogP contribution in [0.3, 0.4) is 0 Å². The van der Waals surface area contributed by atoms with Crippen molar-refractivity contribution < 1.29 is 38.8 Å². The van der Waals surface area contributed by atoms with Crippen LogP contribution in [0.25, 0.3) is 0 Å². The van der Waals surface area contributed by atoms with Crippen molar-refractivity contribution in [3.63, 3.8) is 0 Å². The molecule has 2 aromatic carbocycles. The number of aliphatic hydroxyl groups excluding tert-OH is 2. The average Bonchev–Trinajstić information content (AvgIpc) is 3.15. The summed E-state index contributed by atoms with van der Waals surface area (Å²) in [4.78, 5) is 21.8. The Morgan fingerprint density at radius 3 is 2.42 bits per heavy atom. The zero-order chi connectivity index (χ0) is 38.0. The summed E-state index contributed by atoms with van der Waals surface area (Å²) in [5.41, 5.74) is 3.01. The van der Waals surface area contributed by atoms with Gasteiger partial charge in [0, 0.05) is 38.2 Å². The Balaban J connectivity index is 1.71. The Morgan fingerprint density at radius 1 is 1.02 bits per heavy atom. The fourth-order valence-electron chi connectivity index (χ4n) is 8.11. The van der Waals surface area contributed by atoms with Crippen molar-refractivity contribution in [3.8, 4) is 11.5 Å². The molecule has 1 amide bonds. The number of hydrogen-bond acceptors (Lipinski definition) is 9. The molecule has 1 aliphatic heterocycles. The lowest BCUT2D eigenvalue weighted by atomic mass is 9.55. The smallest absolute Gasteiger partial charge is 0.410 e. The van der Waals surface area contributed by atoms with Gasteiger partial charge in [-0.05, 0) is 87.6 Å². The first kappa shape index (κ1) is 40.1. The van der Waals surface area contributed by atoms with Crippen LogP contribution in [0.2, 0.25) is 0 Å². The summed E-state index contributed by atoms with van der Waals surface area (Å²) in [5.74, 6) is -0.320. The standard InChI is InChI=1S/C43H58N2O8/c1-7-24-49-32-20-21-37-35(27-32)39-33(19-13-15-23-47)31(18-12-14-22-46)26-34-36(44-53-42(3,4)5)28-38(43(52-37,40(34)39)51-25-8-2)45(6)41(48)50-29-30-16-10-9-11-17-30/h7-11,16-17,20-21,26-27,31,33,38-40,46-47H,1-2,12-15,18-19,22-25,28-29H2,3-6H3/t31-,33+,38-,39+,40+,43+/m0/s1. The molecule has 5 rings (SSSR count). The molecule has 2 aromatic rings. The summed E-state index contributed by atoms with van der Waals surface area (Å²) >= 11 is 0. The molecule has 10 heteroatoms. The van der Waals surface area contributed by atoms with E-state index in [1.54, 1.807) is 24.1 Å². The van der Waals surface area contributed by atoms with Crippen LogP contribution in [0.1, 0.15) is 82.8 Å². The molecule has 53 heavy (non-hydrogen) atoms. The summed E-state index contributed by atoms with van der Waals surface area (Å²) in [6, 6.07) is 14.8. The second-order valence-electron chi connectivity index (χ2n) is 15.2. The number of likely N-dealkylation sites (N-methyl/N-ethyl adjacent to an activating group) is 1. The minimum absolute atomic E-state index is 0.108. The monoisotopic (exact) mass is 730 g/mol. The number of nitrogens with zero attached hydrogens (tertiary/aromatic N) is 2. The molecule has 2 aliphatic carbocycles. The predicted molar refractivity (Wildman–Crippen MR) is 206 cm³/mol. The Bertz CT molecular complexity index is 1600. The van der Waals surface area contributed by atoms with Gasteiger partial charge in [-0.25, -0.2) is 4.79 Å². The number of oxime groups is 1. The number of allylic oxidation sites excluding steroid dienone is 1. The number of rotatable bonds is 18. The van der Waals surface area contributed by atoms with Crippen LogP contribution in [0, 0.1) is 17.8 Å². The van der Waals surface area contributed by atoms with Crippen molar-refractivity contribution in [3.05, 3.63) is 96.6 Å². The zero-order valence-corrected chi connectivity index (χ0v) is 31.9. The molecule has 0 aromatic heterocycles. The molecule has 0 unspecified atom stereocenters. The normalized spacial score (nSPS) is 25.3. The van der Waals surface area contributed by atoms with E-state index < -0.39 is 29.4 Å². The van der Waals surface area contributed by atoms with E-state index in [0.717, 1.165) is 48.1 Å². The topological polar surface area (TPSA) is 119 Å². The van der Waals surface area contributed by atoms with Crippen molar-refractivity contribution in [2.75, 3.05) is 33.5 Å². The number of ether oxygens (including phenoxy) is 4. The van der Waals surface area contributed by atoms with Gasteiger partial charge in [-0.2, -0.15) is 0 Å². The van der Waals surface area contributed by atoms with Crippen molar-refractivity contribution in [2.45, 2.75) is 95.7 Å². The molecular weight excluding hydrogens is 672 g/mol. The van der Waals surface area contributed by atoms with Crippen LogP contribution >= 0.6 is 0 Å². The van der Waals surface area contributed by atoms with Gasteiger partial charge in [0.15, 0.2) is 0 Å². The van der Waals surface area contributed by atoms with E-state index in [1.165, 1.54) is 0 Å². The molecule has 1 fully saturated rings. The largest absolute Gasteiger partial charge is 0.490 e. The van der Waals surface area contributed by atoms with Crippen LogP contribution in [-0.2, 0) is 20.9 Å². The first-order chi connectivity index (χ1) is 25.6. The number of benzene rings is 2. The van der Waals surface area contributed by atoms with Gasteiger partial charge in [0.1, 0.15) is 36.4 Å². The minimum atomic E-state index is -1.35. The van der Waals surface area contributed by atoms with E-state index in [4.69, 9.17) is 28.9 Å². The third kappa shape index (κ3) is 9.34. The molecule has 288 valence electrons. The van der Waals surface area contributed by atoms with Crippen LogP contribution in [-0.4, -0.2) is 77.8 Å². The quantitative estimate of drug-likeness (QED) is 0.0902. The van der Waals surface area contributed by atoms with E-state index in [0.29, 0.717) is 30.9 Å². The van der Waals surface area contributed by atoms with Gasteiger partial charge >= 0.3 is 6.09 Å². The Labute approximate surface area is 315 Å². The van der Waals surface area contributed by atoms with Crippen molar-refractivity contribution in [2.24, 2.45) is 22.9 Å². The molecule has 0 radical (unpaired) electrons. The molecule has 0 saturated heterocycles. The number of carbonyl (C=O) groups excluding carboxylic acids is 1. The lowest BCUT2D eigenvalue weighted by Gasteiger charge is -2.59. The molecule has 0 bridgehead atoms. The predicted octanol–water partition coefficient (Wildman–Crippen LogP) is 7.95. The maximum absolute atomic E-state index is 14.0. The first-order valence-corrected chi connectivity index (χ1v) is 19.0. The van der Waals surface area contributed by atoms with Gasteiger partial charge in [0.05, 0.1) is 18.2 Å². The lowest BCUT2D eigenvalue weighted by molar-refractivity contribution is -0.253. The van der Waals surface area contributed by atoms with E-state index in [-0.39, 0.29) is 50.6 Å². The molecule has 10 nitrogen and oxygen atoms in total. The molecule has 1 saturated carbocycles. The number of carbonyl (C=O) groups is 1. The maximum Gasteiger partial charge on any atom is 0.410 e. The zero-order valence-electron chi connectivity index (χ0n) is 31.9. The lowest BCUT2D eigenvalue weighted by Crippen LogP contribution is -2.69. The second-order valence-corrected chi connectivity index (χ2v) is 15.2. The van der Waals surface area contributed by atoms with Crippen LogP contribution < -0.4 is 9.47 Å². The van der Waals surface area contributed by atoms with Crippen LogP contribution in [0.5, 0.6) is 11.5 Å². The number of hydrogen-bond donors (Lipinski definition) is 2. The van der Waals surface area contributed by atoms with Crippen LogP contribution in [0.15, 0.2) is 90.6 Å². The number of fused-ring (bicyclic) bond motifs is 2. The number of unbranched alkanes of at least 4 members (excludes halogenated alkanes) is 2. The van der Waals surface area contributed by atoms with E-state index >= 15 is 0 Å². The van der Waals surface area contributed by atoms with Crippen molar-refractivity contribution in [1.82, 2.24) is 4.90 Å². The molecule has 6 atom stereocenters. The summed E-state index contributed by atoms with van der Waals surface area (Å²) in [5, 5.41) is 24.4. The Kier molecular flexibility index (Phi) is 13.8. The minimum Gasteiger partial charge on any atom is -0.490 e. The Morgan fingerprint density at radius 2 is 1.74 bits per heavy atom. The fourth-order valence-corrected chi connectivity index (χ4v) is 8.11. The summed E-state index contributed by atoms with van der Waals surface area (Å²) in [7, 11) is 1.73. The summed E-state index contributed by atoms with van der Waals surface area (Å²) < 4.78 is 26.0. The summed E-state index contributed by atoms with van der Waals surface area (Å²) in [6.07, 6.45) is 10.3. The van der Waals surface area contributed by atoms with E-state index in [1.807, 2.05) is 63.2 Å². The number of aliphatic hydroxyl groups is 2. The van der Waals surface area contributed by atoms with E-state index in [9.17, 15) is 15.0 Å². The van der Waals surface area contributed by atoms with Gasteiger partial charge < -0.3 is 38.9 Å². The van der Waals surface area contributed by atoms with Crippen LogP contribution in [0.4, 0.5) is 4.79 Å². The molecular formula is C43H58N2O8. The highest BCUT2D eigenvalue weighted by Crippen LogP contribution is 2.61. The maximum atomic E-state index is 14.0. The highest BCUT2D eigenvalue weighted by molar-refractivity contribution is 6.03. The SMILES string of the molecule is C=CCOc1ccc2c(c1)[C@H]1[C@H](CCCCO)[C@@H](CCCCO)C=C3C(=NOC(C)(C)C)C[C@H](N(C)C(=O)OCc4ccccc4)[C@@](OCC=C)(O2)[C@H]31. The van der Waals surface area contributed by atoms with Gasteiger partial charge in [-0.3, -0.25) is 0 Å². The fraction of sp³-hybridized carbons (Fsp3) is 0.535. The van der Waals surface area contributed by atoms with Crippen molar-refractivity contribution in [1.29, 1.82) is 0 Å².